The van der Waals surface area contributed by atoms with Gasteiger partial charge in [0.05, 0.1) is 18.3 Å². The molecule has 30 heavy (non-hydrogen) atoms. The molecule has 3 aromatic carbocycles. The Morgan fingerprint density at radius 1 is 0.900 bits per heavy atom. The van der Waals surface area contributed by atoms with Gasteiger partial charge in [-0.2, -0.15) is 5.10 Å². The van der Waals surface area contributed by atoms with Crippen LogP contribution >= 0.6 is 0 Å². The van der Waals surface area contributed by atoms with Crippen LogP contribution in [0.15, 0.2) is 60.7 Å². The van der Waals surface area contributed by atoms with Crippen molar-refractivity contribution in [2.75, 3.05) is 26.7 Å². The van der Waals surface area contributed by atoms with E-state index in [0.717, 1.165) is 39.0 Å². The Bertz CT molecular complexity index is 1180. The first kappa shape index (κ1) is 19.5. The van der Waals surface area contributed by atoms with Crippen molar-refractivity contribution in [1.29, 1.82) is 0 Å². The van der Waals surface area contributed by atoms with Crippen molar-refractivity contribution in [3.63, 3.8) is 0 Å². The number of benzene rings is 3. The maximum atomic E-state index is 5.74. The third-order valence-corrected chi connectivity index (χ3v) is 4.79. The Balaban J connectivity index is 1.61. The van der Waals surface area contributed by atoms with Gasteiger partial charge in [0.15, 0.2) is 18.3 Å². The first-order chi connectivity index (χ1) is 14.7. The van der Waals surface area contributed by atoms with Gasteiger partial charge in [-0.3, -0.25) is 5.10 Å². The van der Waals surface area contributed by atoms with E-state index in [4.69, 9.17) is 19.9 Å². The third kappa shape index (κ3) is 4.14. The maximum Gasteiger partial charge on any atom is 0.188 e. The fourth-order valence-electron chi connectivity index (χ4n) is 3.22. The van der Waals surface area contributed by atoms with Crippen LogP contribution in [-0.4, -0.2) is 31.2 Å². The Labute approximate surface area is 174 Å². The van der Waals surface area contributed by atoms with Gasteiger partial charge in [0.2, 0.25) is 0 Å². The number of methoxy groups -OCH3 is 2. The zero-order valence-corrected chi connectivity index (χ0v) is 16.9. The second-order valence-electron chi connectivity index (χ2n) is 6.79. The van der Waals surface area contributed by atoms with E-state index in [-0.39, 0.29) is 6.79 Å². The van der Waals surface area contributed by atoms with Gasteiger partial charge in [-0.15, -0.1) is 0 Å². The molecule has 4 aromatic rings. The topological polar surface area (TPSA) is 82.4 Å². The summed E-state index contributed by atoms with van der Waals surface area (Å²) >= 11 is 0. The van der Waals surface area contributed by atoms with Crippen molar-refractivity contribution in [2.24, 2.45) is 0 Å². The highest BCUT2D eigenvalue weighted by Gasteiger charge is 2.09. The number of H-pyrrole nitrogens is 1. The van der Waals surface area contributed by atoms with Crippen molar-refractivity contribution in [2.45, 2.75) is 0 Å². The number of aromatic nitrogens is 2. The van der Waals surface area contributed by atoms with E-state index in [1.54, 1.807) is 14.2 Å². The molecule has 0 atom stereocenters. The van der Waals surface area contributed by atoms with Gasteiger partial charge in [-0.1, -0.05) is 30.3 Å². The summed E-state index contributed by atoms with van der Waals surface area (Å²) in [5.74, 6) is 1.29. The largest absolute Gasteiger partial charge is 0.493 e. The second-order valence-corrected chi connectivity index (χ2v) is 6.79. The quantitative estimate of drug-likeness (QED) is 0.337. The molecule has 0 aliphatic rings. The molecule has 0 aliphatic carbocycles. The first-order valence-electron chi connectivity index (χ1n) is 9.50. The number of nitrogens with two attached hydrogens (primary N) is 1. The van der Waals surface area contributed by atoms with Crippen LogP contribution in [0.4, 0.5) is 5.69 Å². The molecule has 0 unspecified atom stereocenters. The SMILES string of the molecule is COCOc1ccc(-c2ccc3c(/C=C/c4ccc(N)cc4)n[nH]c3c2)cc1OC. The van der Waals surface area contributed by atoms with Gasteiger partial charge < -0.3 is 19.9 Å². The lowest BCUT2D eigenvalue weighted by Crippen LogP contribution is -2.00. The van der Waals surface area contributed by atoms with Crippen molar-refractivity contribution in [3.05, 3.63) is 71.9 Å². The summed E-state index contributed by atoms with van der Waals surface area (Å²) in [7, 11) is 3.20. The molecule has 0 bridgehead atoms. The molecular formula is C24H23N3O3. The smallest absolute Gasteiger partial charge is 0.188 e. The van der Waals surface area contributed by atoms with E-state index in [1.807, 2.05) is 54.6 Å². The van der Waals surface area contributed by atoms with Gasteiger partial charge in [0.1, 0.15) is 0 Å². The minimum Gasteiger partial charge on any atom is -0.493 e. The Kier molecular flexibility index (Phi) is 5.68. The van der Waals surface area contributed by atoms with E-state index in [0.29, 0.717) is 11.5 Å². The molecule has 0 saturated carbocycles. The minimum atomic E-state index is 0.169. The normalized spacial score (nSPS) is 11.3. The molecule has 0 saturated heterocycles. The molecule has 4 rings (SSSR count). The Morgan fingerprint density at radius 3 is 2.43 bits per heavy atom. The highest BCUT2D eigenvalue weighted by Crippen LogP contribution is 2.34. The number of ether oxygens (including phenoxy) is 3. The molecule has 6 heteroatoms. The number of nitrogen functional groups attached to an aromatic ring is 1. The molecule has 152 valence electrons. The van der Waals surface area contributed by atoms with E-state index < -0.39 is 0 Å². The van der Waals surface area contributed by atoms with Gasteiger partial charge in [-0.25, -0.2) is 0 Å². The fraction of sp³-hybridized carbons (Fsp3) is 0.125. The van der Waals surface area contributed by atoms with Gasteiger partial charge >= 0.3 is 0 Å². The van der Waals surface area contributed by atoms with E-state index in [2.05, 4.69) is 28.4 Å². The summed E-state index contributed by atoms with van der Waals surface area (Å²) < 4.78 is 16.0. The summed E-state index contributed by atoms with van der Waals surface area (Å²) in [6.07, 6.45) is 4.02. The molecular weight excluding hydrogens is 378 g/mol. The fourth-order valence-corrected chi connectivity index (χ4v) is 3.22. The molecule has 0 fully saturated rings. The van der Waals surface area contributed by atoms with Crippen LogP contribution in [0.5, 0.6) is 11.5 Å². The van der Waals surface area contributed by atoms with Crippen LogP contribution in [0.1, 0.15) is 11.3 Å². The monoisotopic (exact) mass is 401 g/mol. The van der Waals surface area contributed by atoms with Crippen LogP contribution < -0.4 is 15.2 Å². The molecule has 0 radical (unpaired) electrons. The van der Waals surface area contributed by atoms with Crippen molar-refractivity contribution in [1.82, 2.24) is 10.2 Å². The number of anilines is 1. The van der Waals surface area contributed by atoms with Crippen LogP contribution in [-0.2, 0) is 4.74 Å². The molecule has 3 N–H and O–H groups in total. The average molecular weight is 401 g/mol. The van der Waals surface area contributed by atoms with Crippen LogP contribution in [0, 0.1) is 0 Å². The molecule has 0 aliphatic heterocycles. The molecule has 1 heterocycles. The predicted octanol–water partition coefficient (Wildman–Crippen LogP) is 4.97. The number of hydrogen-bond donors (Lipinski definition) is 2. The van der Waals surface area contributed by atoms with E-state index >= 15 is 0 Å². The third-order valence-electron chi connectivity index (χ3n) is 4.79. The summed E-state index contributed by atoms with van der Waals surface area (Å²) in [6, 6.07) is 19.8. The van der Waals surface area contributed by atoms with Crippen LogP contribution in [0.3, 0.4) is 0 Å². The predicted molar refractivity (Wildman–Crippen MR) is 120 cm³/mol. The van der Waals surface area contributed by atoms with Gasteiger partial charge in [0, 0.05) is 18.2 Å². The highest BCUT2D eigenvalue weighted by atomic mass is 16.7. The lowest BCUT2D eigenvalue weighted by molar-refractivity contribution is 0.0492. The number of rotatable bonds is 7. The number of nitrogens with zero attached hydrogens (tertiary/aromatic N) is 1. The summed E-state index contributed by atoms with van der Waals surface area (Å²) in [4.78, 5) is 0. The maximum absolute atomic E-state index is 5.74. The number of nitrogens with one attached hydrogen (secondary N) is 1. The lowest BCUT2D eigenvalue weighted by atomic mass is 10.0. The van der Waals surface area contributed by atoms with Gasteiger partial charge in [0.25, 0.3) is 0 Å². The van der Waals surface area contributed by atoms with Gasteiger partial charge in [-0.05, 0) is 59.2 Å². The van der Waals surface area contributed by atoms with Crippen molar-refractivity contribution >= 4 is 28.7 Å². The minimum absolute atomic E-state index is 0.169. The summed E-state index contributed by atoms with van der Waals surface area (Å²) in [5.41, 5.74) is 11.5. The Morgan fingerprint density at radius 2 is 1.67 bits per heavy atom. The summed E-state index contributed by atoms with van der Waals surface area (Å²) in [5, 5.41) is 8.62. The number of hydrogen-bond acceptors (Lipinski definition) is 5. The first-order valence-corrected chi connectivity index (χ1v) is 9.50. The van der Waals surface area contributed by atoms with Crippen molar-refractivity contribution < 1.29 is 14.2 Å². The van der Waals surface area contributed by atoms with Crippen LogP contribution in [0.2, 0.25) is 0 Å². The lowest BCUT2D eigenvalue weighted by Gasteiger charge is -2.11. The highest BCUT2D eigenvalue weighted by molar-refractivity contribution is 5.92. The molecule has 0 amide bonds. The number of aromatic amines is 1. The van der Waals surface area contributed by atoms with E-state index in [1.165, 1.54) is 0 Å². The number of fused-ring (bicyclic) bond motifs is 1. The molecule has 1 aromatic heterocycles. The average Bonchev–Trinajstić information content (AvgIpc) is 3.19. The second kappa shape index (κ2) is 8.71. The molecule has 0 spiro atoms. The Hall–Kier alpha value is -3.77. The van der Waals surface area contributed by atoms with E-state index in [9.17, 15) is 0 Å². The van der Waals surface area contributed by atoms with Crippen molar-refractivity contribution in [3.8, 4) is 22.6 Å². The van der Waals surface area contributed by atoms with Crippen LogP contribution in [0.25, 0.3) is 34.2 Å². The zero-order valence-electron chi connectivity index (χ0n) is 16.9. The zero-order chi connectivity index (χ0) is 20.9. The summed E-state index contributed by atoms with van der Waals surface area (Å²) in [6.45, 7) is 0.169. The standard InChI is InChI=1S/C24H23N3O3/c1-28-15-30-23-12-7-18(14-24(23)29-2)17-6-10-20-21(26-27-22(20)13-17)11-5-16-3-8-19(25)9-4-16/h3-14H,15,25H2,1-2H3,(H,26,27)/b11-5+. The molecule has 6 nitrogen and oxygen atoms in total.